The highest BCUT2D eigenvalue weighted by atomic mass is 79.9. The van der Waals surface area contributed by atoms with Crippen LogP contribution in [0.5, 0.6) is 0 Å². The molecule has 0 fully saturated rings. The molecular formula is C15H13BrClNO2. The summed E-state index contributed by atoms with van der Waals surface area (Å²) in [4.78, 5) is 12.1. The zero-order valence-corrected chi connectivity index (χ0v) is 13.1. The molecule has 3 nitrogen and oxygen atoms in total. The SMILES string of the molecule is Cc1cc(C(=O)N(O)Cc2ccc(Cl)cc2)ccc1Br. The van der Waals surface area contributed by atoms with E-state index in [0.29, 0.717) is 15.6 Å². The molecule has 2 rings (SSSR count). The molecule has 104 valence electrons. The van der Waals surface area contributed by atoms with Crippen molar-refractivity contribution < 1.29 is 10.0 Å². The molecule has 5 heteroatoms. The molecule has 0 aliphatic carbocycles. The minimum Gasteiger partial charge on any atom is -0.285 e. The van der Waals surface area contributed by atoms with Gasteiger partial charge >= 0.3 is 0 Å². The topological polar surface area (TPSA) is 40.5 Å². The van der Waals surface area contributed by atoms with Crippen molar-refractivity contribution in [1.82, 2.24) is 5.06 Å². The van der Waals surface area contributed by atoms with Crippen LogP contribution in [0.3, 0.4) is 0 Å². The van der Waals surface area contributed by atoms with E-state index in [2.05, 4.69) is 15.9 Å². The molecular weight excluding hydrogens is 342 g/mol. The fourth-order valence-corrected chi connectivity index (χ4v) is 2.13. The van der Waals surface area contributed by atoms with Gasteiger partial charge in [0.25, 0.3) is 5.91 Å². The molecule has 0 radical (unpaired) electrons. The molecule has 0 saturated carbocycles. The quantitative estimate of drug-likeness (QED) is 0.654. The zero-order valence-electron chi connectivity index (χ0n) is 10.8. The first-order valence-electron chi connectivity index (χ1n) is 5.98. The van der Waals surface area contributed by atoms with Gasteiger partial charge in [0.15, 0.2) is 0 Å². The monoisotopic (exact) mass is 353 g/mol. The first-order valence-corrected chi connectivity index (χ1v) is 7.16. The van der Waals surface area contributed by atoms with Crippen molar-refractivity contribution in [3.8, 4) is 0 Å². The Bertz CT molecular complexity index is 628. The van der Waals surface area contributed by atoms with E-state index in [1.807, 2.05) is 6.92 Å². The second-order valence-corrected chi connectivity index (χ2v) is 5.74. The first-order chi connectivity index (χ1) is 9.47. The number of halogens is 2. The van der Waals surface area contributed by atoms with Crippen molar-refractivity contribution in [3.05, 3.63) is 68.7 Å². The largest absolute Gasteiger partial charge is 0.285 e. The predicted octanol–water partition coefficient (Wildman–Crippen LogP) is 4.44. The molecule has 0 aliphatic heterocycles. The molecule has 0 saturated heterocycles. The lowest BCUT2D eigenvalue weighted by Crippen LogP contribution is -2.26. The molecule has 0 unspecified atom stereocenters. The van der Waals surface area contributed by atoms with Gasteiger partial charge in [-0.25, -0.2) is 5.06 Å². The van der Waals surface area contributed by atoms with Gasteiger partial charge in [-0.05, 0) is 48.4 Å². The number of nitrogens with zero attached hydrogens (tertiary/aromatic N) is 1. The van der Waals surface area contributed by atoms with E-state index in [0.717, 1.165) is 15.6 Å². The minimum atomic E-state index is -0.435. The average molecular weight is 355 g/mol. The number of benzene rings is 2. The number of aryl methyl sites for hydroxylation is 1. The van der Waals surface area contributed by atoms with Gasteiger partial charge in [-0.1, -0.05) is 39.7 Å². The second kappa shape index (κ2) is 6.39. The Morgan fingerprint density at radius 3 is 2.50 bits per heavy atom. The van der Waals surface area contributed by atoms with Gasteiger partial charge < -0.3 is 0 Å². The van der Waals surface area contributed by atoms with Crippen molar-refractivity contribution >= 4 is 33.4 Å². The molecule has 0 bridgehead atoms. The van der Waals surface area contributed by atoms with E-state index in [1.54, 1.807) is 42.5 Å². The van der Waals surface area contributed by atoms with Crippen molar-refractivity contribution in [1.29, 1.82) is 0 Å². The summed E-state index contributed by atoms with van der Waals surface area (Å²) in [6.45, 7) is 2.01. The average Bonchev–Trinajstić information content (AvgIpc) is 2.43. The van der Waals surface area contributed by atoms with Crippen LogP contribution in [-0.4, -0.2) is 16.2 Å². The maximum atomic E-state index is 12.1. The molecule has 0 heterocycles. The minimum absolute atomic E-state index is 0.116. The summed E-state index contributed by atoms with van der Waals surface area (Å²) in [7, 11) is 0. The van der Waals surface area contributed by atoms with Gasteiger partial charge in [-0.2, -0.15) is 0 Å². The van der Waals surface area contributed by atoms with Crippen LogP contribution < -0.4 is 0 Å². The number of hydrogen-bond acceptors (Lipinski definition) is 2. The number of rotatable bonds is 3. The van der Waals surface area contributed by atoms with Crippen LogP contribution in [0, 0.1) is 6.92 Å². The van der Waals surface area contributed by atoms with Crippen LogP contribution in [0.1, 0.15) is 21.5 Å². The molecule has 0 atom stereocenters. The third-order valence-electron chi connectivity index (χ3n) is 2.88. The van der Waals surface area contributed by atoms with E-state index in [1.165, 1.54) is 0 Å². The van der Waals surface area contributed by atoms with Crippen molar-refractivity contribution in [2.24, 2.45) is 0 Å². The molecule has 20 heavy (non-hydrogen) atoms. The molecule has 1 amide bonds. The number of hydroxylamine groups is 2. The smallest absolute Gasteiger partial charge is 0.277 e. The van der Waals surface area contributed by atoms with Crippen LogP contribution in [-0.2, 0) is 6.54 Å². The van der Waals surface area contributed by atoms with E-state index >= 15 is 0 Å². The fraction of sp³-hybridized carbons (Fsp3) is 0.133. The molecule has 0 spiro atoms. The Kier molecular flexibility index (Phi) is 4.81. The van der Waals surface area contributed by atoms with Crippen molar-refractivity contribution in [2.45, 2.75) is 13.5 Å². The molecule has 2 aromatic rings. The van der Waals surface area contributed by atoms with E-state index in [9.17, 15) is 10.0 Å². The van der Waals surface area contributed by atoms with E-state index < -0.39 is 5.91 Å². The molecule has 0 aliphatic rings. The summed E-state index contributed by atoms with van der Waals surface area (Å²) in [5.41, 5.74) is 2.19. The van der Waals surface area contributed by atoms with Crippen LogP contribution >= 0.6 is 27.5 Å². The lowest BCUT2D eigenvalue weighted by molar-refractivity contribution is -0.0648. The van der Waals surface area contributed by atoms with Gasteiger partial charge in [0, 0.05) is 15.1 Å². The van der Waals surface area contributed by atoms with Gasteiger partial charge in [-0.15, -0.1) is 0 Å². The Labute approximate surface area is 130 Å². The molecule has 1 N–H and O–H groups in total. The van der Waals surface area contributed by atoms with Crippen LogP contribution in [0.4, 0.5) is 0 Å². The summed E-state index contributed by atoms with van der Waals surface area (Å²) in [6.07, 6.45) is 0. The number of carbonyl (C=O) groups excluding carboxylic acids is 1. The van der Waals surface area contributed by atoms with Gasteiger partial charge in [0.1, 0.15) is 0 Å². The highest BCUT2D eigenvalue weighted by molar-refractivity contribution is 9.10. The van der Waals surface area contributed by atoms with Gasteiger partial charge in [0.2, 0.25) is 0 Å². The normalized spacial score (nSPS) is 10.4. The van der Waals surface area contributed by atoms with Gasteiger partial charge in [-0.3, -0.25) is 10.0 Å². The Morgan fingerprint density at radius 2 is 1.90 bits per heavy atom. The van der Waals surface area contributed by atoms with Crippen LogP contribution in [0.2, 0.25) is 5.02 Å². The van der Waals surface area contributed by atoms with Crippen LogP contribution in [0.15, 0.2) is 46.9 Å². The Hall–Kier alpha value is -1.36. The summed E-state index contributed by atoms with van der Waals surface area (Å²) < 4.78 is 0.927. The lowest BCUT2D eigenvalue weighted by atomic mass is 10.1. The summed E-state index contributed by atoms with van der Waals surface area (Å²) in [6, 6.07) is 12.2. The predicted molar refractivity (Wildman–Crippen MR) is 82.0 cm³/mol. The van der Waals surface area contributed by atoms with E-state index in [4.69, 9.17) is 11.6 Å². The third-order valence-corrected chi connectivity index (χ3v) is 4.03. The van der Waals surface area contributed by atoms with Crippen molar-refractivity contribution in [3.63, 3.8) is 0 Å². The molecule has 0 aromatic heterocycles. The zero-order chi connectivity index (χ0) is 14.7. The number of carbonyl (C=O) groups is 1. The van der Waals surface area contributed by atoms with Crippen LogP contribution in [0.25, 0.3) is 0 Å². The first kappa shape index (κ1) is 15.0. The maximum Gasteiger partial charge on any atom is 0.277 e. The number of amides is 1. The Balaban J connectivity index is 2.11. The summed E-state index contributed by atoms with van der Waals surface area (Å²) >= 11 is 9.17. The lowest BCUT2D eigenvalue weighted by Gasteiger charge is -2.15. The van der Waals surface area contributed by atoms with Crippen molar-refractivity contribution in [2.75, 3.05) is 0 Å². The standard InChI is InChI=1S/C15H13BrClNO2/c1-10-8-12(4-7-14(10)16)15(19)18(20)9-11-2-5-13(17)6-3-11/h2-8,20H,9H2,1H3. The summed E-state index contributed by atoms with van der Waals surface area (Å²) in [5, 5.41) is 11.2. The number of hydrogen-bond donors (Lipinski definition) is 1. The summed E-state index contributed by atoms with van der Waals surface area (Å²) in [5.74, 6) is -0.435. The fourth-order valence-electron chi connectivity index (χ4n) is 1.76. The van der Waals surface area contributed by atoms with E-state index in [-0.39, 0.29) is 6.54 Å². The maximum absolute atomic E-state index is 12.1. The third kappa shape index (κ3) is 3.60. The van der Waals surface area contributed by atoms with Gasteiger partial charge in [0.05, 0.1) is 6.54 Å². The second-order valence-electron chi connectivity index (χ2n) is 4.45. The molecule has 2 aromatic carbocycles. The highest BCUT2D eigenvalue weighted by Gasteiger charge is 2.14. The highest BCUT2D eigenvalue weighted by Crippen LogP contribution is 2.18. The Morgan fingerprint density at radius 1 is 1.25 bits per heavy atom.